The maximum absolute atomic E-state index is 12.4. The first-order chi connectivity index (χ1) is 14.0. The maximum Gasteiger partial charge on any atom is 0.348 e. The zero-order valence-electron chi connectivity index (χ0n) is 16.4. The Balaban J connectivity index is 1.30. The number of hydrogen-bond donors (Lipinski definition) is 2. The molecule has 2 fully saturated rings. The number of ether oxygens (including phenoxy) is 1. The molecule has 4 rings (SSSR count). The average molecular weight is 416 g/mol. The number of carbonyl (C=O) groups excluding carboxylic acids is 3. The van der Waals surface area contributed by atoms with E-state index in [2.05, 4.69) is 10.6 Å². The van der Waals surface area contributed by atoms with E-state index in [9.17, 15) is 14.4 Å². The van der Waals surface area contributed by atoms with Gasteiger partial charge in [0.25, 0.3) is 0 Å². The average Bonchev–Trinajstić information content (AvgIpc) is 3.47. The van der Waals surface area contributed by atoms with Gasteiger partial charge < -0.3 is 20.3 Å². The number of nitrogens with zero attached hydrogens (tertiary/aromatic N) is 1. The first-order valence-electron chi connectivity index (χ1n) is 10.1. The van der Waals surface area contributed by atoms with E-state index in [1.54, 1.807) is 13.0 Å². The van der Waals surface area contributed by atoms with Crippen LogP contribution in [-0.2, 0) is 9.53 Å². The number of thiophene rings is 1. The Bertz CT molecular complexity index is 929. The van der Waals surface area contributed by atoms with E-state index in [0.717, 1.165) is 35.8 Å². The number of rotatable bonds is 5. The molecule has 154 valence electrons. The molecule has 1 aromatic heterocycles. The number of nitrogens with one attached hydrogen (secondary N) is 2. The van der Waals surface area contributed by atoms with Gasteiger partial charge in [-0.05, 0) is 62.3 Å². The Kier molecular flexibility index (Phi) is 5.71. The molecule has 3 amide bonds. The molecule has 0 bridgehead atoms. The summed E-state index contributed by atoms with van der Waals surface area (Å²) in [4.78, 5) is 38.9. The van der Waals surface area contributed by atoms with Gasteiger partial charge in [-0.15, -0.1) is 11.3 Å². The fourth-order valence-corrected chi connectivity index (χ4v) is 4.55. The molecule has 0 spiro atoms. The summed E-state index contributed by atoms with van der Waals surface area (Å²) in [5.74, 6) is 0.200. The molecular formula is C21H25N3O4S. The molecule has 2 aliphatic rings. The van der Waals surface area contributed by atoms with Gasteiger partial charge in [-0.2, -0.15) is 0 Å². The third-order valence-corrected chi connectivity index (χ3v) is 6.42. The fourth-order valence-electron chi connectivity index (χ4n) is 3.61. The van der Waals surface area contributed by atoms with Crippen LogP contribution in [0, 0.1) is 5.92 Å². The lowest BCUT2D eigenvalue weighted by Gasteiger charge is -2.32. The number of hydrogen-bond acceptors (Lipinski definition) is 5. The summed E-state index contributed by atoms with van der Waals surface area (Å²) in [6.45, 7) is 3.53. The molecule has 1 aliphatic heterocycles. The van der Waals surface area contributed by atoms with Gasteiger partial charge in [-0.3, -0.25) is 4.79 Å². The number of anilines is 1. The highest BCUT2D eigenvalue weighted by molar-refractivity contribution is 7.20. The van der Waals surface area contributed by atoms with Gasteiger partial charge in [0, 0.05) is 35.4 Å². The van der Waals surface area contributed by atoms with E-state index in [0.29, 0.717) is 30.3 Å². The number of benzene rings is 1. The second-order valence-corrected chi connectivity index (χ2v) is 8.64. The first-order valence-corrected chi connectivity index (χ1v) is 10.9. The van der Waals surface area contributed by atoms with Gasteiger partial charge in [0.15, 0.2) is 0 Å². The second kappa shape index (κ2) is 8.41. The monoisotopic (exact) mass is 415 g/mol. The van der Waals surface area contributed by atoms with Gasteiger partial charge in [0.05, 0.1) is 6.61 Å². The normalized spacial score (nSPS) is 17.2. The van der Waals surface area contributed by atoms with Gasteiger partial charge >= 0.3 is 12.0 Å². The van der Waals surface area contributed by atoms with Gasteiger partial charge in [-0.25, -0.2) is 9.59 Å². The van der Waals surface area contributed by atoms with Crippen molar-refractivity contribution in [3.8, 4) is 0 Å². The van der Waals surface area contributed by atoms with Crippen LogP contribution in [0.25, 0.3) is 10.1 Å². The molecule has 1 saturated carbocycles. The quantitative estimate of drug-likeness (QED) is 0.731. The summed E-state index contributed by atoms with van der Waals surface area (Å²) < 4.78 is 6.01. The Labute approximate surface area is 173 Å². The number of esters is 1. The topological polar surface area (TPSA) is 87.7 Å². The van der Waals surface area contributed by atoms with Crippen LogP contribution in [0.15, 0.2) is 24.3 Å². The minimum absolute atomic E-state index is 0.0681. The summed E-state index contributed by atoms with van der Waals surface area (Å²) in [6, 6.07) is 7.17. The zero-order chi connectivity index (χ0) is 20.4. The minimum atomic E-state index is -0.326. The third-order valence-electron chi connectivity index (χ3n) is 5.32. The van der Waals surface area contributed by atoms with Crippen molar-refractivity contribution < 1.29 is 19.1 Å². The molecule has 2 heterocycles. The van der Waals surface area contributed by atoms with E-state index in [-0.39, 0.29) is 29.9 Å². The van der Waals surface area contributed by atoms with Gasteiger partial charge in [0.2, 0.25) is 5.91 Å². The minimum Gasteiger partial charge on any atom is -0.462 e. The van der Waals surface area contributed by atoms with E-state index in [4.69, 9.17) is 4.74 Å². The molecular weight excluding hydrogens is 390 g/mol. The number of carbonyl (C=O) groups is 3. The van der Waals surface area contributed by atoms with Crippen molar-refractivity contribution in [2.75, 3.05) is 25.0 Å². The van der Waals surface area contributed by atoms with Crippen LogP contribution in [0.3, 0.4) is 0 Å². The maximum atomic E-state index is 12.4. The molecule has 7 nitrogen and oxygen atoms in total. The van der Waals surface area contributed by atoms with Crippen LogP contribution >= 0.6 is 11.3 Å². The second-order valence-electron chi connectivity index (χ2n) is 7.56. The van der Waals surface area contributed by atoms with Crippen LogP contribution in [0.1, 0.15) is 42.3 Å². The summed E-state index contributed by atoms with van der Waals surface area (Å²) in [5.41, 5.74) is 0.671. The molecule has 0 radical (unpaired) electrons. The first kappa shape index (κ1) is 19.7. The lowest BCUT2D eigenvalue weighted by molar-refractivity contribution is -0.133. The standard InChI is InChI=1S/C21H25N3O4S/c1-2-28-20(26)18-12-14-11-16(5-6-17(14)29-18)23-21(27)22-15-7-9-24(10-8-15)19(25)13-3-4-13/h5-6,11-13,15H,2-4,7-10H2,1H3,(H2,22,23,27). The van der Waals surface area contributed by atoms with Gasteiger partial charge in [-0.1, -0.05) is 0 Å². The summed E-state index contributed by atoms with van der Waals surface area (Å²) in [7, 11) is 0. The largest absolute Gasteiger partial charge is 0.462 e. The van der Waals surface area contributed by atoms with Crippen molar-refractivity contribution in [3.05, 3.63) is 29.1 Å². The molecule has 0 unspecified atom stereocenters. The van der Waals surface area contributed by atoms with Crippen molar-refractivity contribution in [1.82, 2.24) is 10.2 Å². The third kappa shape index (κ3) is 4.70. The van der Waals surface area contributed by atoms with Crippen molar-refractivity contribution in [2.24, 2.45) is 5.92 Å². The summed E-state index contributed by atoms with van der Waals surface area (Å²) >= 11 is 1.38. The van der Waals surface area contributed by atoms with Crippen molar-refractivity contribution in [3.63, 3.8) is 0 Å². The van der Waals surface area contributed by atoms with E-state index >= 15 is 0 Å². The molecule has 0 atom stereocenters. The number of fused-ring (bicyclic) bond motifs is 1. The van der Waals surface area contributed by atoms with Crippen molar-refractivity contribution >= 4 is 45.0 Å². The van der Waals surface area contributed by atoms with Crippen LogP contribution in [0.2, 0.25) is 0 Å². The Morgan fingerprint density at radius 2 is 1.90 bits per heavy atom. The van der Waals surface area contributed by atoms with Crippen LogP contribution in [0.4, 0.5) is 10.5 Å². The highest BCUT2D eigenvalue weighted by atomic mass is 32.1. The highest BCUT2D eigenvalue weighted by Gasteiger charge is 2.35. The highest BCUT2D eigenvalue weighted by Crippen LogP contribution is 2.32. The smallest absolute Gasteiger partial charge is 0.348 e. The number of urea groups is 1. The zero-order valence-corrected chi connectivity index (χ0v) is 17.2. The summed E-state index contributed by atoms with van der Waals surface area (Å²) in [6.07, 6.45) is 3.60. The van der Waals surface area contributed by atoms with E-state index in [1.807, 2.05) is 23.1 Å². The predicted octanol–water partition coefficient (Wildman–Crippen LogP) is 3.60. The van der Waals surface area contributed by atoms with Crippen molar-refractivity contribution in [1.29, 1.82) is 0 Å². The van der Waals surface area contributed by atoms with Crippen molar-refractivity contribution in [2.45, 2.75) is 38.6 Å². The molecule has 1 aliphatic carbocycles. The Hall–Kier alpha value is -2.61. The predicted molar refractivity (Wildman–Crippen MR) is 112 cm³/mol. The Morgan fingerprint density at radius 3 is 2.59 bits per heavy atom. The van der Waals surface area contributed by atoms with Crippen LogP contribution in [-0.4, -0.2) is 48.5 Å². The Morgan fingerprint density at radius 1 is 1.14 bits per heavy atom. The molecule has 8 heteroatoms. The number of piperidine rings is 1. The van der Waals surface area contributed by atoms with E-state index < -0.39 is 0 Å². The number of amides is 3. The fraction of sp³-hybridized carbons (Fsp3) is 0.476. The lowest BCUT2D eigenvalue weighted by Crippen LogP contribution is -2.47. The molecule has 1 aromatic carbocycles. The molecule has 2 N–H and O–H groups in total. The van der Waals surface area contributed by atoms with Crippen LogP contribution < -0.4 is 10.6 Å². The van der Waals surface area contributed by atoms with Gasteiger partial charge in [0.1, 0.15) is 4.88 Å². The number of likely N-dealkylation sites (tertiary alicyclic amines) is 1. The molecule has 1 saturated heterocycles. The molecule has 2 aromatic rings. The van der Waals surface area contributed by atoms with E-state index in [1.165, 1.54) is 11.3 Å². The SMILES string of the molecule is CCOC(=O)c1cc2cc(NC(=O)NC3CCN(C(=O)C4CC4)CC3)ccc2s1. The lowest BCUT2D eigenvalue weighted by atomic mass is 10.0. The molecule has 29 heavy (non-hydrogen) atoms. The summed E-state index contributed by atoms with van der Waals surface area (Å²) in [5, 5.41) is 6.76. The van der Waals surface area contributed by atoms with Crippen LogP contribution in [0.5, 0.6) is 0 Å².